The fraction of sp³-hybridized carbons (Fsp3) is 0.818. The maximum Gasteiger partial charge on any atom is 0.223 e. The van der Waals surface area contributed by atoms with E-state index in [1.807, 2.05) is 0 Å². The second-order valence-electron chi connectivity index (χ2n) is 4.97. The highest BCUT2D eigenvalue weighted by Crippen LogP contribution is 2.40. The Bertz CT molecular complexity index is 349. The lowest BCUT2D eigenvalue weighted by Crippen LogP contribution is -2.48. The summed E-state index contributed by atoms with van der Waals surface area (Å²) in [6.45, 7) is 6.22. The minimum Gasteiger partial charge on any atom is -0.340 e. The van der Waals surface area contributed by atoms with E-state index in [1.54, 1.807) is 6.92 Å². The Balaban J connectivity index is 2.30. The lowest BCUT2D eigenvalue weighted by Gasteiger charge is -2.39. The highest BCUT2D eigenvalue weighted by Gasteiger charge is 2.42. The van der Waals surface area contributed by atoms with E-state index in [-0.39, 0.29) is 0 Å². The maximum atomic E-state index is 6.44. The Morgan fingerprint density at radius 2 is 2.13 bits per heavy atom. The average molecular weight is 209 g/mol. The topological polar surface area (TPSA) is 64.9 Å². The van der Waals surface area contributed by atoms with E-state index < -0.39 is 5.54 Å². The van der Waals surface area contributed by atoms with Crippen LogP contribution in [-0.2, 0) is 5.54 Å². The highest BCUT2D eigenvalue weighted by molar-refractivity contribution is 5.08. The van der Waals surface area contributed by atoms with Crippen molar-refractivity contribution in [3.05, 3.63) is 11.7 Å². The van der Waals surface area contributed by atoms with Crippen molar-refractivity contribution in [1.29, 1.82) is 0 Å². The Morgan fingerprint density at radius 3 is 2.73 bits per heavy atom. The molecule has 2 rings (SSSR count). The molecule has 2 N–H and O–H groups in total. The van der Waals surface area contributed by atoms with E-state index in [4.69, 9.17) is 10.3 Å². The van der Waals surface area contributed by atoms with Crippen molar-refractivity contribution >= 4 is 0 Å². The van der Waals surface area contributed by atoms with Crippen molar-refractivity contribution in [2.75, 3.05) is 0 Å². The summed E-state index contributed by atoms with van der Waals surface area (Å²) < 4.78 is 5.03. The first kappa shape index (κ1) is 10.6. The number of nitrogens with zero attached hydrogens (tertiary/aromatic N) is 2. The molecular formula is C11H19N3O. The molecule has 15 heavy (non-hydrogen) atoms. The van der Waals surface area contributed by atoms with Gasteiger partial charge in [0, 0.05) is 6.92 Å². The van der Waals surface area contributed by atoms with Crippen molar-refractivity contribution in [2.24, 2.45) is 17.6 Å². The van der Waals surface area contributed by atoms with Crippen LogP contribution in [0.2, 0.25) is 0 Å². The van der Waals surface area contributed by atoms with Crippen LogP contribution in [0.1, 0.15) is 44.8 Å². The van der Waals surface area contributed by atoms with E-state index >= 15 is 0 Å². The smallest absolute Gasteiger partial charge is 0.223 e. The molecule has 4 heteroatoms. The Hall–Kier alpha value is -0.900. The molecule has 1 aromatic heterocycles. The second kappa shape index (κ2) is 3.59. The lowest BCUT2D eigenvalue weighted by atomic mass is 9.70. The summed E-state index contributed by atoms with van der Waals surface area (Å²) >= 11 is 0. The Labute approximate surface area is 90.2 Å². The van der Waals surface area contributed by atoms with Crippen LogP contribution in [0, 0.1) is 18.8 Å². The van der Waals surface area contributed by atoms with Gasteiger partial charge in [-0.3, -0.25) is 0 Å². The van der Waals surface area contributed by atoms with Crippen LogP contribution in [0.15, 0.2) is 4.52 Å². The van der Waals surface area contributed by atoms with Gasteiger partial charge in [0.25, 0.3) is 0 Å². The van der Waals surface area contributed by atoms with Gasteiger partial charge in [0.15, 0.2) is 5.82 Å². The van der Waals surface area contributed by atoms with E-state index in [0.717, 1.165) is 12.8 Å². The molecule has 1 aliphatic rings. The van der Waals surface area contributed by atoms with E-state index in [9.17, 15) is 0 Å². The fourth-order valence-electron chi connectivity index (χ4n) is 2.47. The Kier molecular flexibility index (Phi) is 2.54. The van der Waals surface area contributed by atoms with Crippen LogP contribution in [0.25, 0.3) is 0 Å². The summed E-state index contributed by atoms with van der Waals surface area (Å²) in [5.74, 6) is 2.34. The first-order valence-electron chi connectivity index (χ1n) is 5.62. The number of nitrogens with two attached hydrogens (primary N) is 1. The highest BCUT2D eigenvalue weighted by atomic mass is 16.5. The van der Waals surface area contributed by atoms with Gasteiger partial charge in [0.1, 0.15) is 0 Å². The summed E-state index contributed by atoms with van der Waals surface area (Å²) in [7, 11) is 0. The lowest BCUT2D eigenvalue weighted by molar-refractivity contribution is 0.149. The van der Waals surface area contributed by atoms with Crippen LogP contribution in [0.5, 0.6) is 0 Å². The first-order valence-corrected chi connectivity index (χ1v) is 5.62. The Morgan fingerprint density at radius 1 is 1.40 bits per heavy atom. The molecule has 0 radical (unpaired) electrons. The molecule has 1 saturated carbocycles. The zero-order valence-electron chi connectivity index (χ0n) is 9.66. The SMILES string of the molecule is Cc1nc(C2(N)CC(C)CCC2C)no1. The van der Waals surface area contributed by atoms with Crippen LogP contribution >= 0.6 is 0 Å². The van der Waals surface area contributed by atoms with Crippen molar-refractivity contribution in [3.8, 4) is 0 Å². The summed E-state index contributed by atoms with van der Waals surface area (Å²) in [4.78, 5) is 4.29. The van der Waals surface area contributed by atoms with Crippen molar-refractivity contribution in [3.63, 3.8) is 0 Å². The zero-order valence-corrected chi connectivity index (χ0v) is 9.66. The molecule has 0 saturated heterocycles. The largest absolute Gasteiger partial charge is 0.340 e. The van der Waals surface area contributed by atoms with Crippen LogP contribution in [0.3, 0.4) is 0 Å². The fourth-order valence-corrected chi connectivity index (χ4v) is 2.47. The van der Waals surface area contributed by atoms with E-state index in [1.165, 1.54) is 6.42 Å². The third-order valence-electron chi connectivity index (χ3n) is 3.60. The van der Waals surface area contributed by atoms with Gasteiger partial charge < -0.3 is 10.3 Å². The maximum absolute atomic E-state index is 6.44. The van der Waals surface area contributed by atoms with Gasteiger partial charge >= 0.3 is 0 Å². The van der Waals surface area contributed by atoms with Gasteiger partial charge in [0.05, 0.1) is 5.54 Å². The third kappa shape index (κ3) is 1.78. The summed E-state index contributed by atoms with van der Waals surface area (Å²) in [6, 6.07) is 0. The molecule has 4 nitrogen and oxygen atoms in total. The number of rotatable bonds is 1. The van der Waals surface area contributed by atoms with Crippen molar-refractivity contribution in [2.45, 2.75) is 45.6 Å². The van der Waals surface area contributed by atoms with Gasteiger partial charge in [-0.2, -0.15) is 4.98 Å². The number of hydrogen-bond donors (Lipinski definition) is 1. The minimum atomic E-state index is -0.393. The molecule has 3 unspecified atom stereocenters. The van der Waals surface area contributed by atoms with Gasteiger partial charge in [-0.15, -0.1) is 0 Å². The van der Waals surface area contributed by atoms with E-state index in [0.29, 0.717) is 23.6 Å². The van der Waals surface area contributed by atoms with Crippen LogP contribution in [0.4, 0.5) is 0 Å². The quantitative estimate of drug-likeness (QED) is 0.768. The summed E-state index contributed by atoms with van der Waals surface area (Å²) in [6.07, 6.45) is 3.34. The predicted molar refractivity (Wildman–Crippen MR) is 57.1 cm³/mol. The molecule has 84 valence electrons. The number of aromatic nitrogens is 2. The molecule has 0 spiro atoms. The number of hydrogen-bond acceptors (Lipinski definition) is 4. The molecule has 0 bridgehead atoms. The molecule has 1 heterocycles. The molecule has 1 aromatic rings. The molecule has 0 amide bonds. The van der Waals surface area contributed by atoms with Crippen LogP contribution in [-0.4, -0.2) is 10.1 Å². The number of aryl methyl sites for hydroxylation is 1. The molecule has 0 aromatic carbocycles. The predicted octanol–water partition coefficient (Wildman–Crippen LogP) is 1.99. The molecule has 3 atom stereocenters. The monoisotopic (exact) mass is 209 g/mol. The van der Waals surface area contributed by atoms with Crippen molar-refractivity contribution in [1.82, 2.24) is 10.1 Å². The minimum absolute atomic E-state index is 0.393. The van der Waals surface area contributed by atoms with E-state index in [2.05, 4.69) is 24.0 Å². The van der Waals surface area contributed by atoms with Gasteiger partial charge in [0.2, 0.25) is 5.89 Å². The third-order valence-corrected chi connectivity index (χ3v) is 3.60. The van der Waals surface area contributed by atoms with Crippen molar-refractivity contribution < 1.29 is 4.52 Å². The summed E-state index contributed by atoms with van der Waals surface area (Å²) in [5, 5.41) is 3.98. The standard InChI is InChI=1S/C11H19N3O/c1-7-4-5-8(2)11(12,6-7)10-13-9(3)15-14-10/h7-8H,4-6,12H2,1-3H3. The van der Waals surface area contributed by atoms with Gasteiger partial charge in [-0.05, 0) is 24.7 Å². The normalized spacial score (nSPS) is 36.8. The first-order chi connectivity index (χ1) is 7.02. The summed E-state index contributed by atoms with van der Waals surface area (Å²) in [5.41, 5.74) is 6.05. The van der Waals surface area contributed by atoms with Crippen LogP contribution < -0.4 is 5.73 Å². The zero-order chi connectivity index (χ0) is 11.1. The van der Waals surface area contributed by atoms with Gasteiger partial charge in [-0.1, -0.05) is 25.4 Å². The molecule has 1 aliphatic carbocycles. The van der Waals surface area contributed by atoms with Gasteiger partial charge in [-0.25, -0.2) is 0 Å². The average Bonchev–Trinajstić information content (AvgIpc) is 2.59. The molecule has 0 aliphatic heterocycles. The molecular weight excluding hydrogens is 190 g/mol. The second-order valence-corrected chi connectivity index (χ2v) is 4.97. The molecule has 1 fully saturated rings.